The topological polar surface area (TPSA) is 25.2 Å². The van der Waals surface area contributed by atoms with E-state index in [1.807, 2.05) is 47.4 Å². The smallest absolute Gasteiger partial charge is 0.255 e. The number of aryl methyl sites for hydroxylation is 1. The monoisotopic (exact) mass is 400 g/mol. The quantitative estimate of drug-likeness (QED) is 0.436. The summed E-state index contributed by atoms with van der Waals surface area (Å²) in [4.78, 5) is 15.3. The summed E-state index contributed by atoms with van der Waals surface area (Å²) in [5, 5.41) is 1.92. The molecular formula is C25H21ClN2O. The van der Waals surface area contributed by atoms with Crippen molar-refractivity contribution in [3.63, 3.8) is 0 Å². The molecular weight excluding hydrogens is 380 g/mol. The Morgan fingerprint density at radius 3 is 2.45 bits per heavy atom. The molecule has 0 saturated heterocycles. The van der Waals surface area contributed by atoms with E-state index in [-0.39, 0.29) is 11.9 Å². The standard InChI is InChI=1S/C25H21ClN2O/c1-27-16-22(19-6-4-5-9-23(19)27)24-20-7-2-3-8-21(20)25(29)28(24)15-14-17-10-12-18(26)13-11-17/h2-13,16,24H,14-15H2,1H3/t24-/m1/s1. The normalized spacial score (nSPS) is 15.9. The van der Waals surface area contributed by atoms with E-state index in [1.165, 1.54) is 22.0 Å². The summed E-state index contributed by atoms with van der Waals surface area (Å²) in [6.45, 7) is 0.656. The third-order valence-electron chi connectivity index (χ3n) is 5.84. The van der Waals surface area contributed by atoms with Crippen LogP contribution in [0.3, 0.4) is 0 Å². The molecule has 0 radical (unpaired) electrons. The number of halogens is 1. The van der Waals surface area contributed by atoms with E-state index in [4.69, 9.17) is 11.6 Å². The molecule has 3 aromatic carbocycles. The van der Waals surface area contributed by atoms with E-state index < -0.39 is 0 Å². The van der Waals surface area contributed by atoms with Crippen LogP contribution in [0.2, 0.25) is 5.02 Å². The zero-order chi connectivity index (χ0) is 20.0. The molecule has 1 aromatic heterocycles. The van der Waals surface area contributed by atoms with Crippen LogP contribution in [-0.2, 0) is 13.5 Å². The van der Waals surface area contributed by atoms with Crippen molar-refractivity contribution in [2.24, 2.45) is 7.05 Å². The van der Waals surface area contributed by atoms with Crippen LogP contribution in [0.5, 0.6) is 0 Å². The van der Waals surface area contributed by atoms with Gasteiger partial charge in [0.15, 0.2) is 0 Å². The minimum absolute atomic E-state index is 0.0721. The van der Waals surface area contributed by atoms with E-state index in [0.29, 0.717) is 6.54 Å². The lowest BCUT2D eigenvalue weighted by Gasteiger charge is -2.25. The average molecular weight is 401 g/mol. The molecule has 1 amide bonds. The molecule has 3 nitrogen and oxygen atoms in total. The Morgan fingerprint density at radius 2 is 1.62 bits per heavy atom. The van der Waals surface area contributed by atoms with Gasteiger partial charge in [0.05, 0.1) is 6.04 Å². The number of benzene rings is 3. The van der Waals surface area contributed by atoms with Crippen molar-refractivity contribution in [3.05, 3.63) is 106 Å². The number of fused-ring (bicyclic) bond motifs is 2. The van der Waals surface area contributed by atoms with Crippen LogP contribution < -0.4 is 0 Å². The van der Waals surface area contributed by atoms with Crippen molar-refractivity contribution < 1.29 is 4.79 Å². The largest absolute Gasteiger partial charge is 0.350 e. The van der Waals surface area contributed by atoms with Crippen LogP contribution in [0.15, 0.2) is 79.0 Å². The highest BCUT2D eigenvalue weighted by molar-refractivity contribution is 6.30. The first-order valence-corrected chi connectivity index (χ1v) is 10.2. The lowest BCUT2D eigenvalue weighted by atomic mass is 9.97. The SMILES string of the molecule is Cn1cc([C@H]2c3ccccc3C(=O)N2CCc2ccc(Cl)cc2)c2ccccc21. The van der Waals surface area contributed by atoms with Gasteiger partial charge < -0.3 is 9.47 Å². The van der Waals surface area contributed by atoms with Gasteiger partial charge in [-0.3, -0.25) is 4.79 Å². The molecule has 1 atom stereocenters. The molecule has 0 unspecified atom stereocenters. The van der Waals surface area contributed by atoms with Crippen LogP contribution in [0.25, 0.3) is 10.9 Å². The molecule has 4 heteroatoms. The second-order valence-electron chi connectivity index (χ2n) is 7.58. The van der Waals surface area contributed by atoms with Gasteiger partial charge in [0.1, 0.15) is 0 Å². The molecule has 0 aliphatic carbocycles. The number of rotatable bonds is 4. The van der Waals surface area contributed by atoms with Crippen LogP contribution in [0.4, 0.5) is 0 Å². The fraction of sp³-hybridized carbons (Fsp3) is 0.160. The zero-order valence-corrected chi connectivity index (χ0v) is 16.9. The van der Waals surface area contributed by atoms with Crippen molar-refractivity contribution in [1.29, 1.82) is 0 Å². The molecule has 0 N–H and O–H groups in total. The van der Waals surface area contributed by atoms with Crippen molar-refractivity contribution in [3.8, 4) is 0 Å². The Morgan fingerprint density at radius 1 is 0.897 bits per heavy atom. The maximum atomic E-state index is 13.3. The first-order chi connectivity index (χ1) is 14.1. The second-order valence-corrected chi connectivity index (χ2v) is 8.01. The van der Waals surface area contributed by atoms with Gasteiger partial charge in [0.25, 0.3) is 5.91 Å². The predicted molar refractivity (Wildman–Crippen MR) is 117 cm³/mol. The third kappa shape index (κ3) is 3.02. The lowest BCUT2D eigenvalue weighted by Crippen LogP contribution is -2.30. The van der Waals surface area contributed by atoms with Crippen LogP contribution in [0, 0.1) is 0 Å². The number of carbonyl (C=O) groups excluding carboxylic acids is 1. The summed E-state index contributed by atoms with van der Waals surface area (Å²) < 4.78 is 2.15. The summed E-state index contributed by atoms with van der Waals surface area (Å²) in [5.74, 6) is 0.104. The predicted octanol–water partition coefficient (Wildman–Crippen LogP) is 5.62. The Kier molecular flexibility index (Phi) is 4.40. The molecule has 1 aliphatic heterocycles. The fourth-order valence-electron chi connectivity index (χ4n) is 4.43. The maximum Gasteiger partial charge on any atom is 0.255 e. The van der Waals surface area contributed by atoms with Gasteiger partial charge in [0, 0.05) is 46.8 Å². The third-order valence-corrected chi connectivity index (χ3v) is 6.09. The molecule has 144 valence electrons. The summed E-state index contributed by atoms with van der Waals surface area (Å²) >= 11 is 6.02. The number of amides is 1. The second kappa shape index (κ2) is 7.09. The number of aromatic nitrogens is 1. The highest BCUT2D eigenvalue weighted by Crippen LogP contribution is 2.41. The molecule has 0 bridgehead atoms. The van der Waals surface area contributed by atoms with Crippen molar-refractivity contribution >= 4 is 28.4 Å². The number of hydrogen-bond acceptors (Lipinski definition) is 1. The number of hydrogen-bond donors (Lipinski definition) is 0. The molecule has 1 aliphatic rings. The Balaban J connectivity index is 1.57. The van der Waals surface area contributed by atoms with E-state index in [2.05, 4.69) is 48.1 Å². The van der Waals surface area contributed by atoms with E-state index >= 15 is 0 Å². The van der Waals surface area contributed by atoms with Crippen LogP contribution in [-0.4, -0.2) is 21.9 Å². The van der Waals surface area contributed by atoms with E-state index in [9.17, 15) is 4.79 Å². The Hall–Kier alpha value is -3.04. The highest BCUT2D eigenvalue weighted by Gasteiger charge is 2.38. The summed E-state index contributed by atoms with van der Waals surface area (Å²) in [5.41, 5.74) is 5.43. The molecule has 0 fully saturated rings. The fourth-order valence-corrected chi connectivity index (χ4v) is 4.55. The number of para-hydroxylation sites is 1. The van der Waals surface area contributed by atoms with Gasteiger partial charge in [0.2, 0.25) is 0 Å². The minimum Gasteiger partial charge on any atom is -0.350 e. The lowest BCUT2D eigenvalue weighted by molar-refractivity contribution is 0.0752. The zero-order valence-electron chi connectivity index (χ0n) is 16.2. The maximum absolute atomic E-state index is 13.3. The van der Waals surface area contributed by atoms with Gasteiger partial charge >= 0.3 is 0 Å². The molecule has 5 rings (SSSR count). The van der Waals surface area contributed by atoms with Gasteiger partial charge in [-0.1, -0.05) is 60.1 Å². The van der Waals surface area contributed by atoms with Crippen LogP contribution >= 0.6 is 11.6 Å². The summed E-state index contributed by atoms with van der Waals surface area (Å²) in [6.07, 6.45) is 2.96. The van der Waals surface area contributed by atoms with Crippen molar-refractivity contribution in [1.82, 2.24) is 9.47 Å². The number of carbonyl (C=O) groups is 1. The Labute approximate surface area is 175 Å². The number of nitrogens with zero attached hydrogens (tertiary/aromatic N) is 2. The van der Waals surface area contributed by atoms with E-state index in [1.54, 1.807) is 0 Å². The van der Waals surface area contributed by atoms with Crippen molar-refractivity contribution in [2.45, 2.75) is 12.5 Å². The molecule has 2 heterocycles. The highest BCUT2D eigenvalue weighted by atomic mass is 35.5. The minimum atomic E-state index is -0.0721. The van der Waals surface area contributed by atoms with Crippen LogP contribution in [0.1, 0.15) is 33.1 Å². The van der Waals surface area contributed by atoms with Gasteiger partial charge in [-0.15, -0.1) is 0 Å². The summed E-state index contributed by atoms with van der Waals surface area (Å²) in [7, 11) is 2.06. The Bertz CT molecular complexity index is 1210. The summed E-state index contributed by atoms with van der Waals surface area (Å²) in [6, 6.07) is 24.2. The molecule has 29 heavy (non-hydrogen) atoms. The van der Waals surface area contributed by atoms with Gasteiger partial charge in [-0.25, -0.2) is 0 Å². The first kappa shape index (κ1) is 18.0. The first-order valence-electron chi connectivity index (χ1n) is 9.82. The molecule has 0 saturated carbocycles. The van der Waals surface area contributed by atoms with Gasteiger partial charge in [-0.2, -0.15) is 0 Å². The molecule has 0 spiro atoms. The van der Waals surface area contributed by atoms with Gasteiger partial charge in [-0.05, 0) is 41.8 Å². The molecule has 4 aromatic rings. The average Bonchev–Trinajstić information content (AvgIpc) is 3.22. The van der Waals surface area contributed by atoms with Crippen molar-refractivity contribution in [2.75, 3.05) is 6.54 Å². The van der Waals surface area contributed by atoms with E-state index in [0.717, 1.165) is 22.6 Å².